The number of nitrogens with zero attached hydrogens (tertiary/aromatic N) is 5. The third kappa shape index (κ3) is 4.39. The predicted molar refractivity (Wildman–Crippen MR) is 96.9 cm³/mol. The van der Waals surface area contributed by atoms with Gasteiger partial charge < -0.3 is 19.7 Å². The lowest BCUT2D eigenvalue weighted by Gasteiger charge is -2.22. The molecule has 0 aromatic carbocycles. The molecule has 1 N–H and O–H groups in total. The molecule has 2 rings (SSSR count). The van der Waals surface area contributed by atoms with Crippen LogP contribution >= 0.6 is 0 Å². The molecule has 6 nitrogen and oxygen atoms in total. The number of aliphatic imine (C=N–C) groups is 1. The maximum atomic E-state index is 4.46. The molecule has 1 fully saturated rings. The summed E-state index contributed by atoms with van der Waals surface area (Å²) in [7, 11) is 7.94. The first-order valence-electron chi connectivity index (χ1n) is 8.55. The van der Waals surface area contributed by atoms with E-state index in [4.69, 9.17) is 0 Å². The van der Waals surface area contributed by atoms with Gasteiger partial charge in [0, 0.05) is 41.3 Å². The first-order chi connectivity index (χ1) is 10.9. The molecule has 23 heavy (non-hydrogen) atoms. The van der Waals surface area contributed by atoms with Gasteiger partial charge >= 0.3 is 0 Å². The summed E-state index contributed by atoms with van der Waals surface area (Å²) in [5.74, 6) is 3.54. The smallest absolute Gasteiger partial charge is 0.204 e. The lowest BCUT2D eigenvalue weighted by Crippen LogP contribution is -2.40. The summed E-state index contributed by atoms with van der Waals surface area (Å²) in [6, 6.07) is 0. The van der Waals surface area contributed by atoms with E-state index in [1.54, 1.807) is 0 Å². The Hall–Kier alpha value is -1.72. The Labute approximate surface area is 140 Å². The molecule has 0 bridgehead atoms. The molecule has 0 radical (unpaired) electrons. The van der Waals surface area contributed by atoms with Gasteiger partial charge in [-0.05, 0) is 24.7 Å². The number of aromatic nitrogens is 2. The van der Waals surface area contributed by atoms with E-state index in [1.165, 1.54) is 12.8 Å². The van der Waals surface area contributed by atoms with Crippen molar-refractivity contribution in [2.45, 2.75) is 33.2 Å². The van der Waals surface area contributed by atoms with Crippen molar-refractivity contribution in [1.29, 1.82) is 0 Å². The van der Waals surface area contributed by atoms with E-state index >= 15 is 0 Å². The highest BCUT2D eigenvalue weighted by molar-refractivity contribution is 5.80. The fourth-order valence-electron chi connectivity index (χ4n) is 3.40. The molecular formula is C17H32N6. The summed E-state index contributed by atoms with van der Waals surface area (Å²) in [6.45, 7) is 7.58. The lowest BCUT2D eigenvalue weighted by atomic mass is 9.97. The van der Waals surface area contributed by atoms with E-state index in [-0.39, 0.29) is 0 Å². The van der Waals surface area contributed by atoms with Crippen molar-refractivity contribution in [3.05, 3.63) is 11.9 Å². The van der Waals surface area contributed by atoms with E-state index in [9.17, 15) is 0 Å². The number of rotatable bonds is 5. The van der Waals surface area contributed by atoms with Crippen LogP contribution in [0, 0.1) is 11.8 Å². The fraction of sp³-hybridized carbons (Fsp3) is 0.765. The van der Waals surface area contributed by atoms with Crippen LogP contribution < -0.4 is 10.2 Å². The van der Waals surface area contributed by atoms with Gasteiger partial charge in [0.1, 0.15) is 0 Å². The molecule has 1 atom stereocenters. The largest absolute Gasteiger partial charge is 0.351 e. The topological polar surface area (TPSA) is 48.7 Å². The minimum Gasteiger partial charge on any atom is -0.351 e. The van der Waals surface area contributed by atoms with Crippen LogP contribution in [0.2, 0.25) is 0 Å². The number of hydrogen-bond donors (Lipinski definition) is 1. The molecule has 1 aliphatic heterocycles. The minimum atomic E-state index is 0.745. The lowest BCUT2D eigenvalue weighted by molar-refractivity contribution is 0.403. The third-order valence-electron chi connectivity index (χ3n) is 4.49. The predicted octanol–water partition coefficient (Wildman–Crippen LogP) is 1.93. The monoisotopic (exact) mass is 320 g/mol. The molecule has 1 aromatic rings. The fourth-order valence-corrected chi connectivity index (χ4v) is 3.40. The van der Waals surface area contributed by atoms with Gasteiger partial charge in [-0.25, -0.2) is 4.98 Å². The van der Waals surface area contributed by atoms with Gasteiger partial charge in [-0.2, -0.15) is 0 Å². The Morgan fingerprint density at radius 3 is 2.78 bits per heavy atom. The standard InChI is InChI=1S/C17H32N6/c1-13(2)9-14-7-8-23(12-14)16(18-3)19-10-15-11-20-17(21(4)5)22(15)6/h11,13-14H,7-10,12H2,1-6H3,(H,18,19). The van der Waals surface area contributed by atoms with Gasteiger partial charge in [0.25, 0.3) is 0 Å². The van der Waals surface area contributed by atoms with Gasteiger partial charge in [-0.3, -0.25) is 4.99 Å². The number of likely N-dealkylation sites (tertiary alicyclic amines) is 1. The third-order valence-corrected chi connectivity index (χ3v) is 4.49. The summed E-state index contributed by atoms with van der Waals surface area (Å²) >= 11 is 0. The zero-order chi connectivity index (χ0) is 17.0. The number of imidazole rings is 1. The van der Waals surface area contributed by atoms with Gasteiger partial charge in [0.05, 0.1) is 18.4 Å². The van der Waals surface area contributed by atoms with E-state index in [0.29, 0.717) is 0 Å². The van der Waals surface area contributed by atoms with Crippen LogP contribution in [0.25, 0.3) is 0 Å². The Kier molecular flexibility index (Phi) is 5.91. The highest BCUT2D eigenvalue weighted by Gasteiger charge is 2.25. The van der Waals surface area contributed by atoms with Crippen molar-refractivity contribution in [2.75, 3.05) is 39.1 Å². The molecule has 0 aliphatic carbocycles. The quantitative estimate of drug-likeness (QED) is 0.665. The van der Waals surface area contributed by atoms with Gasteiger partial charge in [-0.1, -0.05) is 13.8 Å². The van der Waals surface area contributed by atoms with Crippen molar-refractivity contribution in [3.8, 4) is 0 Å². The number of nitrogens with one attached hydrogen (secondary N) is 1. The zero-order valence-electron chi connectivity index (χ0n) is 15.5. The van der Waals surface area contributed by atoms with Crippen molar-refractivity contribution in [1.82, 2.24) is 19.8 Å². The summed E-state index contributed by atoms with van der Waals surface area (Å²) in [6.07, 6.45) is 4.51. The molecule has 0 saturated carbocycles. The van der Waals surface area contributed by atoms with Crippen LogP contribution in [0.15, 0.2) is 11.2 Å². The molecule has 6 heteroatoms. The normalized spacial score (nSPS) is 18.8. The highest BCUT2D eigenvalue weighted by atomic mass is 15.3. The number of hydrogen-bond acceptors (Lipinski definition) is 3. The molecule has 1 unspecified atom stereocenters. The Morgan fingerprint density at radius 2 is 2.22 bits per heavy atom. The van der Waals surface area contributed by atoms with Crippen LogP contribution in [0.1, 0.15) is 32.4 Å². The Bertz CT molecular complexity index is 531. The number of guanidine groups is 1. The molecule has 0 spiro atoms. The van der Waals surface area contributed by atoms with E-state index in [0.717, 1.165) is 49.1 Å². The van der Waals surface area contributed by atoms with Crippen LogP contribution in [-0.4, -0.2) is 54.6 Å². The average molecular weight is 320 g/mol. The summed E-state index contributed by atoms with van der Waals surface area (Å²) in [5.41, 5.74) is 1.16. The van der Waals surface area contributed by atoms with Crippen LogP contribution in [0.3, 0.4) is 0 Å². The first kappa shape index (κ1) is 17.6. The Morgan fingerprint density at radius 1 is 1.48 bits per heavy atom. The van der Waals surface area contributed by atoms with Crippen molar-refractivity contribution in [3.63, 3.8) is 0 Å². The molecule has 1 aromatic heterocycles. The van der Waals surface area contributed by atoms with Gasteiger partial charge in [-0.15, -0.1) is 0 Å². The number of anilines is 1. The maximum Gasteiger partial charge on any atom is 0.204 e. The molecule has 1 saturated heterocycles. The van der Waals surface area contributed by atoms with Crippen molar-refractivity contribution < 1.29 is 0 Å². The van der Waals surface area contributed by atoms with E-state index in [2.05, 4.69) is 45.7 Å². The van der Waals surface area contributed by atoms with E-state index in [1.807, 2.05) is 32.2 Å². The second-order valence-corrected chi connectivity index (χ2v) is 7.13. The van der Waals surface area contributed by atoms with Crippen LogP contribution in [0.4, 0.5) is 5.95 Å². The SMILES string of the molecule is CN=C(NCc1cnc(N(C)C)n1C)N1CCC(CC(C)C)C1. The Balaban J connectivity index is 1.91. The van der Waals surface area contributed by atoms with Crippen molar-refractivity contribution >= 4 is 11.9 Å². The second-order valence-electron chi connectivity index (χ2n) is 7.13. The minimum absolute atomic E-state index is 0.745. The van der Waals surface area contributed by atoms with Crippen LogP contribution in [-0.2, 0) is 13.6 Å². The van der Waals surface area contributed by atoms with Gasteiger partial charge in [0.15, 0.2) is 5.96 Å². The molecular weight excluding hydrogens is 288 g/mol. The van der Waals surface area contributed by atoms with E-state index < -0.39 is 0 Å². The van der Waals surface area contributed by atoms with Crippen molar-refractivity contribution in [2.24, 2.45) is 23.9 Å². The first-order valence-corrected chi connectivity index (χ1v) is 8.55. The summed E-state index contributed by atoms with van der Waals surface area (Å²) in [5, 5.41) is 3.49. The highest BCUT2D eigenvalue weighted by Crippen LogP contribution is 2.23. The maximum absolute atomic E-state index is 4.46. The van der Waals surface area contributed by atoms with Gasteiger partial charge in [0.2, 0.25) is 5.95 Å². The molecule has 2 heterocycles. The molecule has 0 amide bonds. The zero-order valence-corrected chi connectivity index (χ0v) is 15.5. The summed E-state index contributed by atoms with van der Waals surface area (Å²) in [4.78, 5) is 13.3. The summed E-state index contributed by atoms with van der Waals surface area (Å²) < 4.78 is 2.12. The molecule has 130 valence electrons. The average Bonchev–Trinajstić information content (AvgIpc) is 3.07. The molecule has 1 aliphatic rings. The second kappa shape index (κ2) is 7.70. The van der Waals surface area contributed by atoms with Crippen LogP contribution in [0.5, 0.6) is 0 Å².